The Bertz CT molecular complexity index is 1070. The SMILES string of the molecule is COc1ccc(N2O[C@@H]3C(=O)N(c4ccccc4)C(=O)[C@H]3[C@H]2c2ccccc2)cc1. The number of fused-ring (bicyclic) bond motifs is 1. The molecule has 0 saturated carbocycles. The number of hydrogen-bond donors (Lipinski definition) is 0. The Morgan fingerprint density at radius 3 is 2.03 bits per heavy atom. The number of para-hydroxylation sites is 1. The van der Waals surface area contributed by atoms with Crippen LogP contribution in [0.2, 0.25) is 0 Å². The summed E-state index contributed by atoms with van der Waals surface area (Å²) < 4.78 is 5.24. The van der Waals surface area contributed by atoms with Crippen LogP contribution in [0, 0.1) is 5.92 Å². The van der Waals surface area contributed by atoms with Crippen molar-refractivity contribution >= 4 is 23.2 Å². The van der Waals surface area contributed by atoms with Crippen LogP contribution in [0.15, 0.2) is 84.9 Å². The lowest BCUT2D eigenvalue weighted by Gasteiger charge is -2.28. The number of hydroxylamine groups is 1. The summed E-state index contributed by atoms with van der Waals surface area (Å²) in [4.78, 5) is 34.0. The molecule has 6 nitrogen and oxygen atoms in total. The van der Waals surface area contributed by atoms with E-state index < -0.39 is 18.1 Å². The van der Waals surface area contributed by atoms with Crippen LogP contribution in [-0.4, -0.2) is 25.0 Å². The van der Waals surface area contributed by atoms with Crippen LogP contribution in [0.3, 0.4) is 0 Å². The van der Waals surface area contributed by atoms with Crippen molar-refractivity contribution in [3.05, 3.63) is 90.5 Å². The van der Waals surface area contributed by atoms with Crippen molar-refractivity contribution in [2.75, 3.05) is 17.1 Å². The summed E-state index contributed by atoms with van der Waals surface area (Å²) in [5.74, 6) is -0.506. The van der Waals surface area contributed by atoms with E-state index in [1.807, 2.05) is 72.8 Å². The fraction of sp³-hybridized carbons (Fsp3) is 0.167. The van der Waals surface area contributed by atoms with E-state index in [1.54, 1.807) is 24.3 Å². The third-order valence-electron chi connectivity index (χ3n) is 5.60. The van der Waals surface area contributed by atoms with Gasteiger partial charge in [-0.1, -0.05) is 48.5 Å². The lowest BCUT2D eigenvalue weighted by molar-refractivity contribution is -0.126. The summed E-state index contributed by atoms with van der Waals surface area (Å²) in [6.07, 6.45) is -0.870. The first-order chi connectivity index (χ1) is 14.7. The van der Waals surface area contributed by atoms with Crippen LogP contribution in [0.5, 0.6) is 5.75 Å². The number of carbonyl (C=O) groups excluding carboxylic acids is 2. The van der Waals surface area contributed by atoms with Gasteiger partial charge >= 0.3 is 0 Å². The molecule has 2 heterocycles. The third-order valence-corrected chi connectivity index (χ3v) is 5.60. The molecule has 0 N–H and O–H groups in total. The average Bonchev–Trinajstić information content (AvgIpc) is 3.31. The standard InChI is InChI=1S/C24H20N2O4/c1-29-19-14-12-18(13-15-19)26-21(16-8-4-2-5-9-16)20-22(30-26)24(28)25(23(20)27)17-10-6-3-7-11-17/h2-15,20-22H,1H3/t20-,21+,22-/m0/s1. The molecule has 30 heavy (non-hydrogen) atoms. The van der Waals surface area contributed by atoms with Gasteiger partial charge in [-0.15, -0.1) is 0 Å². The van der Waals surface area contributed by atoms with Crippen molar-refractivity contribution in [2.24, 2.45) is 5.92 Å². The number of anilines is 2. The van der Waals surface area contributed by atoms with Crippen molar-refractivity contribution in [3.8, 4) is 5.75 Å². The molecule has 3 aromatic rings. The molecule has 0 bridgehead atoms. The topological polar surface area (TPSA) is 59.1 Å². The first-order valence-corrected chi connectivity index (χ1v) is 9.77. The zero-order valence-electron chi connectivity index (χ0n) is 16.3. The van der Waals surface area contributed by atoms with Crippen LogP contribution < -0.4 is 14.7 Å². The largest absolute Gasteiger partial charge is 0.497 e. The van der Waals surface area contributed by atoms with Crippen LogP contribution in [-0.2, 0) is 14.4 Å². The molecule has 0 unspecified atom stereocenters. The monoisotopic (exact) mass is 400 g/mol. The van der Waals surface area contributed by atoms with Gasteiger partial charge in [-0.25, -0.2) is 9.96 Å². The van der Waals surface area contributed by atoms with Crippen molar-refractivity contribution < 1.29 is 19.2 Å². The molecular weight excluding hydrogens is 380 g/mol. The molecule has 2 fully saturated rings. The summed E-state index contributed by atoms with van der Waals surface area (Å²) in [5.41, 5.74) is 2.23. The Balaban J connectivity index is 1.56. The highest BCUT2D eigenvalue weighted by Crippen LogP contribution is 2.47. The molecule has 0 aromatic heterocycles. The number of amides is 2. The maximum atomic E-state index is 13.4. The molecule has 2 aliphatic rings. The Morgan fingerprint density at radius 2 is 1.40 bits per heavy atom. The van der Waals surface area contributed by atoms with E-state index >= 15 is 0 Å². The molecule has 2 amide bonds. The van der Waals surface area contributed by atoms with Crippen molar-refractivity contribution in [1.29, 1.82) is 0 Å². The smallest absolute Gasteiger partial charge is 0.266 e. The van der Waals surface area contributed by atoms with Gasteiger partial charge in [0.15, 0.2) is 6.10 Å². The summed E-state index contributed by atoms with van der Waals surface area (Å²) in [6, 6.07) is 25.6. The van der Waals surface area contributed by atoms with Gasteiger partial charge in [0, 0.05) is 0 Å². The molecular formula is C24H20N2O4. The van der Waals surface area contributed by atoms with Gasteiger partial charge < -0.3 is 4.74 Å². The van der Waals surface area contributed by atoms with E-state index in [0.29, 0.717) is 5.69 Å². The molecule has 0 aliphatic carbocycles. The van der Waals surface area contributed by atoms with Gasteiger partial charge in [-0.2, -0.15) is 0 Å². The van der Waals surface area contributed by atoms with Gasteiger partial charge in [-0.3, -0.25) is 14.4 Å². The number of methoxy groups -OCH3 is 1. The Labute approximate surface area is 174 Å². The molecule has 2 aliphatic heterocycles. The van der Waals surface area contributed by atoms with Crippen molar-refractivity contribution in [2.45, 2.75) is 12.1 Å². The van der Waals surface area contributed by atoms with E-state index in [1.165, 1.54) is 4.90 Å². The van der Waals surface area contributed by atoms with E-state index in [9.17, 15) is 9.59 Å². The molecule has 5 rings (SSSR count). The predicted molar refractivity (Wildman–Crippen MR) is 112 cm³/mol. The van der Waals surface area contributed by atoms with Gasteiger partial charge in [0.25, 0.3) is 5.91 Å². The van der Waals surface area contributed by atoms with Crippen molar-refractivity contribution in [3.63, 3.8) is 0 Å². The Kier molecular flexibility index (Phi) is 4.48. The maximum Gasteiger partial charge on any atom is 0.266 e. The van der Waals surface area contributed by atoms with Gasteiger partial charge in [0.1, 0.15) is 11.7 Å². The molecule has 3 atom stereocenters. The number of rotatable bonds is 4. The first-order valence-electron chi connectivity index (χ1n) is 9.77. The molecule has 6 heteroatoms. The van der Waals surface area contributed by atoms with E-state index in [0.717, 1.165) is 17.0 Å². The maximum absolute atomic E-state index is 13.4. The number of imide groups is 1. The fourth-order valence-corrected chi connectivity index (χ4v) is 4.19. The number of benzene rings is 3. The highest BCUT2D eigenvalue weighted by Gasteiger charge is 2.60. The summed E-state index contributed by atoms with van der Waals surface area (Å²) in [7, 11) is 1.61. The summed E-state index contributed by atoms with van der Waals surface area (Å²) in [6.45, 7) is 0. The third kappa shape index (κ3) is 2.84. The number of nitrogens with zero attached hydrogens (tertiary/aromatic N) is 2. The van der Waals surface area contributed by atoms with Crippen LogP contribution in [0.4, 0.5) is 11.4 Å². The quantitative estimate of drug-likeness (QED) is 0.625. The normalized spacial score (nSPS) is 23.0. The second kappa shape index (κ2) is 7.31. The van der Waals surface area contributed by atoms with E-state index in [2.05, 4.69) is 0 Å². The second-order valence-corrected chi connectivity index (χ2v) is 7.28. The number of hydrogen-bond acceptors (Lipinski definition) is 5. The predicted octanol–water partition coefficient (Wildman–Crippen LogP) is 3.75. The van der Waals surface area contributed by atoms with Gasteiger partial charge in [0.2, 0.25) is 5.91 Å². The minimum atomic E-state index is -0.870. The van der Waals surface area contributed by atoms with Gasteiger partial charge in [-0.05, 0) is 42.0 Å². The first kappa shape index (κ1) is 18.4. The van der Waals surface area contributed by atoms with Crippen molar-refractivity contribution in [1.82, 2.24) is 0 Å². The molecule has 0 spiro atoms. The van der Waals surface area contributed by atoms with E-state index in [-0.39, 0.29) is 11.8 Å². The zero-order valence-corrected chi connectivity index (χ0v) is 16.3. The van der Waals surface area contributed by atoms with Crippen LogP contribution in [0.25, 0.3) is 0 Å². The Morgan fingerprint density at radius 1 is 0.767 bits per heavy atom. The molecule has 2 saturated heterocycles. The van der Waals surface area contributed by atoms with Gasteiger partial charge in [0.05, 0.1) is 24.5 Å². The van der Waals surface area contributed by atoms with E-state index in [4.69, 9.17) is 9.57 Å². The lowest BCUT2D eigenvalue weighted by Crippen LogP contribution is -2.37. The van der Waals surface area contributed by atoms with Crippen LogP contribution in [0.1, 0.15) is 11.6 Å². The highest BCUT2D eigenvalue weighted by molar-refractivity contribution is 6.23. The molecule has 0 radical (unpaired) electrons. The van der Waals surface area contributed by atoms with Crippen LogP contribution >= 0.6 is 0 Å². The number of ether oxygens (including phenoxy) is 1. The molecule has 150 valence electrons. The minimum Gasteiger partial charge on any atom is -0.497 e. The summed E-state index contributed by atoms with van der Waals surface area (Å²) >= 11 is 0. The number of carbonyl (C=O) groups is 2. The zero-order chi connectivity index (χ0) is 20.7. The summed E-state index contributed by atoms with van der Waals surface area (Å²) in [5, 5.41) is 1.68. The average molecular weight is 400 g/mol. The second-order valence-electron chi connectivity index (χ2n) is 7.28. The highest BCUT2D eigenvalue weighted by atomic mass is 16.7. The fourth-order valence-electron chi connectivity index (χ4n) is 4.19. The minimum absolute atomic E-state index is 0.249. The Hall–Kier alpha value is -3.64. The molecule has 3 aromatic carbocycles. The lowest BCUT2D eigenvalue weighted by atomic mass is 9.90.